The Hall–Kier alpha value is -1.35. The molecule has 1 aromatic carbocycles. The Bertz CT molecular complexity index is 803. The smallest absolute Gasteiger partial charge is 0.282 e. The van der Waals surface area contributed by atoms with Gasteiger partial charge in [-0.25, -0.2) is 4.21 Å². The van der Waals surface area contributed by atoms with E-state index in [9.17, 15) is 9.00 Å². The maximum Gasteiger partial charge on any atom is 0.282 e. The molecule has 2 aromatic rings. The summed E-state index contributed by atoms with van der Waals surface area (Å²) in [5, 5.41) is 11.8. The number of rotatable bonds is 4. The number of nitrogens with zero attached hydrogens (tertiary/aromatic N) is 3. The molecule has 5 rings (SSSR count). The van der Waals surface area contributed by atoms with Crippen LogP contribution in [0.2, 0.25) is 5.02 Å². The number of benzene rings is 1. The molecule has 1 N–H and O–H groups in total. The number of halogens is 1. The predicted octanol–water partition coefficient (Wildman–Crippen LogP) is 2.18. The summed E-state index contributed by atoms with van der Waals surface area (Å²) in [5.74, 6) is 0.320. The van der Waals surface area contributed by atoms with Crippen molar-refractivity contribution in [2.24, 2.45) is 5.92 Å². The molecule has 0 aliphatic carbocycles. The molecule has 3 saturated heterocycles. The van der Waals surface area contributed by atoms with Gasteiger partial charge in [0.1, 0.15) is 10.8 Å². The van der Waals surface area contributed by atoms with E-state index in [4.69, 9.17) is 11.6 Å². The van der Waals surface area contributed by atoms with Gasteiger partial charge in [-0.1, -0.05) is 22.9 Å². The van der Waals surface area contributed by atoms with Crippen molar-refractivity contribution in [3.63, 3.8) is 0 Å². The SMILES string of the molecule is O=C(NC1CN2CCC1CC2)c1nnc(S(=O)c2ccc(Cl)cc2)s1. The molecule has 132 valence electrons. The number of carbonyl (C=O) groups is 1. The number of nitrogens with one attached hydrogen (secondary N) is 1. The van der Waals surface area contributed by atoms with Crippen LogP contribution in [0.3, 0.4) is 0 Å². The van der Waals surface area contributed by atoms with Gasteiger partial charge >= 0.3 is 0 Å². The topological polar surface area (TPSA) is 75.2 Å². The number of amides is 1. The van der Waals surface area contributed by atoms with Crippen molar-refractivity contribution in [1.82, 2.24) is 20.4 Å². The van der Waals surface area contributed by atoms with Crippen LogP contribution in [0.1, 0.15) is 22.6 Å². The van der Waals surface area contributed by atoms with E-state index < -0.39 is 10.8 Å². The minimum Gasteiger partial charge on any atom is -0.346 e. The summed E-state index contributed by atoms with van der Waals surface area (Å²) < 4.78 is 12.8. The second-order valence-electron chi connectivity index (χ2n) is 6.31. The van der Waals surface area contributed by atoms with Crippen molar-refractivity contribution in [1.29, 1.82) is 0 Å². The molecule has 3 fully saturated rings. The molecule has 1 aromatic heterocycles. The molecular formula is C16H17ClN4O2S2. The highest BCUT2D eigenvalue weighted by Crippen LogP contribution is 2.28. The van der Waals surface area contributed by atoms with Crippen LogP contribution in [0.4, 0.5) is 0 Å². The maximum absolute atomic E-state index is 12.5. The van der Waals surface area contributed by atoms with Gasteiger partial charge in [0.2, 0.25) is 9.35 Å². The fraction of sp³-hybridized carbons (Fsp3) is 0.438. The first kappa shape index (κ1) is 17.1. The van der Waals surface area contributed by atoms with Crippen LogP contribution in [-0.2, 0) is 10.8 Å². The molecule has 1 amide bonds. The van der Waals surface area contributed by atoms with Crippen molar-refractivity contribution in [2.75, 3.05) is 19.6 Å². The molecular weight excluding hydrogens is 380 g/mol. The number of hydrogen-bond acceptors (Lipinski definition) is 6. The van der Waals surface area contributed by atoms with Gasteiger partial charge in [-0.2, -0.15) is 0 Å². The Kier molecular flexibility index (Phi) is 4.86. The molecule has 0 radical (unpaired) electrons. The minimum absolute atomic E-state index is 0.170. The number of fused-ring (bicyclic) bond motifs is 3. The van der Waals surface area contributed by atoms with E-state index in [-0.39, 0.29) is 17.0 Å². The summed E-state index contributed by atoms with van der Waals surface area (Å²) in [6, 6.07) is 6.90. The van der Waals surface area contributed by atoms with E-state index in [0.717, 1.165) is 43.8 Å². The Morgan fingerprint density at radius 1 is 1.24 bits per heavy atom. The van der Waals surface area contributed by atoms with Crippen LogP contribution in [0.5, 0.6) is 0 Å². The zero-order chi connectivity index (χ0) is 17.4. The van der Waals surface area contributed by atoms with Crippen LogP contribution in [-0.4, -0.2) is 50.9 Å². The molecule has 9 heteroatoms. The zero-order valence-corrected chi connectivity index (χ0v) is 15.7. The van der Waals surface area contributed by atoms with Crippen LogP contribution in [0.25, 0.3) is 0 Å². The lowest BCUT2D eigenvalue weighted by atomic mass is 9.84. The molecule has 2 atom stereocenters. The fourth-order valence-electron chi connectivity index (χ4n) is 3.39. The van der Waals surface area contributed by atoms with E-state index >= 15 is 0 Å². The standard InChI is InChI=1S/C16H17ClN4O2S2/c17-11-1-3-12(4-2-11)25(23)16-20-19-15(24-16)14(22)18-13-9-21-7-5-10(13)6-8-21/h1-4,10,13H,5-9H2,(H,18,22). The molecule has 0 spiro atoms. The number of carbonyl (C=O) groups excluding carboxylic acids is 1. The van der Waals surface area contributed by atoms with E-state index in [0.29, 0.717) is 20.2 Å². The van der Waals surface area contributed by atoms with Gasteiger partial charge in [0.05, 0.1) is 0 Å². The molecule has 25 heavy (non-hydrogen) atoms. The Balaban J connectivity index is 1.44. The van der Waals surface area contributed by atoms with Gasteiger partial charge in [0.15, 0.2) is 0 Å². The average molecular weight is 397 g/mol. The van der Waals surface area contributed by atoms with Gasteiger partial charge in [-0.3, -0.25) is 4.79 Å². The lowest BCUT2D eigenvalue weighted by Gasteiger charge is -2.44. The van der Waals surface area contributed by atoms with Crippen molar-refractivity contribution in [3.05, 3.63) is 34.3 Å². The summed E-state index contributed by atoms with van der Waals surface area (Å²) in [4.78, 5) is 15.4. The monoisotopic (exact) mass is 396 g/mol. The van der Waals surface area contributed by atoms with E-state index in [1.807, 2.05) is 0 Å². The van der Waals surface area contributed by atoms with Crippen LogP contribution in [0, 0.1) is 5.92 Å². The van der Waals surface area contributed by atoms with Crippen molar-refractivity contribution < 1.29 is 9.00 Å². The number of aromatic nitrogens is 2. The third-order valence-electron chi connectivity index (χ3n) is 4.76. The highest BCUT2D eigenvalue weighted by Gasteiger charge is 2.35. The summed E-state index contributed by atoms with van der Waals surface area (Å²) in [7, 11) is -1.46. The van der Waals surface area contributed by atoms with Gasteiger partial charge in [0.25, 0.3) is 5.91 Å². The summed E-state index contributed by atoms with van der Waals surface area (Å²) in [6.45, 7) is 3.15. The summed E-state index contributed by atoms with van der Waals surface area (Å²) >= 11 is 6.92. The largest absolute Gasteiger partial charge is 0.346 e. The second kappa shape index (κ2) is 7.11. The van der Waals surface area contributed by atoms with Crippen molar-refractivity contribution >= 4 is 39.6 Å². The predicted molar refractivity (Wildman–Crippen MR) is 96.5 cm³/mol. The van der Waals surface area contributed by atoms with Gasteiger partial charge < -0.3 is 10.2 Å². The van der Waals surface area contributed by atoms with Gasteiger partial charge in [-0.05, 0) is 56.1 Å². The second-order valence-corrected chi connectivity index (χ2v) is 9.38. The summed E-state index contributed by atoms with van der Waals surface area (Å²) in [6.07, 6.45) is 2.26. The molecule has 3 aliphatic heterocycles. The van der Waals surface area contributed by atoms with E-state index in [1.165, 1.54) is 0 Å². The molecule has 6 nitrogen and oxygen atoms in total. The average Bonchev–Trinajstić information content (AvgIpc) is 3.13. The van der Waals surface area contributed by atoms with Gasteiger partial charge in [0, 0.05) is 22.5 Å². The molecule has 4 heterocycles. The quantitative estimate of drug-likeness (QED) is 0.857. The van der Waals surface area contributed by atoms with Crippen LogP contribution >= 0.6 is 22.9 Å². The Labute approximate surface area is 157 Å². The first-order valence-electron chi connectivity index (χ1n) is 8.14. The van der Waals surface area contributed by atoms with Gasteiger partial charge in [-0.15, -0.1) is 10.2 Å². The molecule has 0 saturated carbocycles. The van der Waals surface area contributed by atoms with Crippen LogP contribution in [0.15, 0.2) is 33.5 Å². The third kappa shape index (κ3) is 3.62. The highest BCUT2D eigenvalue weighted by atomic mass is 35.5. The number of hydrogen-bond donors (Lipinski definition) is 1. The first-order chi connectivity index (χ1) is 12.1. The molecule has 2 bridgehead atoms. The lowest BCUT2D eigenvalue weighted by molar-refractivity contribution is 0.0620. The Morgan fingerprint density at radius 3 is 2.60 bits per heavy atom. The summed E-state index contributed by atoms with van der Waals surface area (Å²) in [5.41, 5.74) is 0. The first-order valence-corrected chi connectivity index (χ1v) is 10.5. The Morgan fingerprint density at radius 2 is 1.96 bits per heavy atom. The van der Waals surface area contributed by atoms with E-state index in [2.05, 4.69) is 20.4 Å². The number of piperidine rings is 3. The zero-order valence-electron chi connectivity index (χ0n) is 13.4. The third-order valence-corrected chi connectivity index (χ3v) is 7.53. The normalized spacial score (nSPS) is 26.4. The maximum atomic E-state index is 12.5. The van der Waals surface area contributed by atoms with Crippen molar-refractivity contribution in [3.8, 4) is 0 Å². The minimum atomic E-state index is -1.46. The highest BCUT2D eigenvalue weighted by molar-refractivity contribution is 7.87. The van der Waals surface area contributed by atoms with E-state index in [1.54, 1.807) is 24.3 Å². The lowest BCUT2D eigenvalue weighted by Crippen LogP contribution is -2.57. The molecule has 3 aliphatic rings. The van der Waals surface area contributed by atoms with Crippen LogP contribution < -0.4 is 5.32 Å². The van der Waals surface area contributed by atoms with Crippen molar-refractivity contribution in [2.45, 2.75) is 28.1 Å². The fourth-order valence-corrected chi connectivity index (χ4v) is 5.53. The molecule has 2 unspecified atom stereocenters.